The van der Waals surface area contributed by atoms with Crippen LogP contribution >= 0.6 is 0 Å². The lowest BCUT2D eigenvalue weighted by atomic mass is 9.89. The molecule has 2 heterocycles. The third-order valence-corrected chi connectivity index (χ3v) is 5.69. The van der Waals surface area contributed by atoms with Gasteiger partial charge in [-0.05, 0) is 55.5 Å². The molecule has 136 valence electrons. The quantitative estimate of drug-likeness (QED) is 0.497. The van der Waals surface area contributed by atoms with Gasteiger partial charge >= 0.3 is 0 Å². The van der Waals surface area contributed by atoms with E-state index < -0.39 is 0 Å². The summed E-state index contributed by atoms with van der Waals surface area (Å²) in [6.45, 7) is 6.23. The summed E-state index contributed by atoms with van der Waals surface area (Å²) in [5.74, 6) is 2.84. The molecular weight excluding hydrogens is 334 g/mol. The summed E-state index contributed by atoms with van der Waals surface area (Å²) in [4.78, 5) is 8.56. The van der Waals surface area contributed by atoms with Crippen LogP contribution in [0.4, 0.5) is 0 Å². The minimum Gasteiger partial charge on any atom is -0.361 e. The van der Waals surface area contributed by atoms with Gasteiger partial charge < -0.3 is 9.51 Å². The molecule has 1 aliphatic carbocycles. The van der Waals surface area contributed by atoms with Crippen molar-refractivity contribution >= 4 is 11.0 Å². The maximum atomic E-state index is 5.42. The molecule has 1 saturated carbocycles. The van der Waals surface area contributed by atoms with Gasteiger partial charge in [-0.15, -0.1) is 0 Å². The molecule has 1 atom stereocenters. The van der Waals surface area contributed by atoms with Gasteiger partial charge in [-0.3, -0.25) is 0 Å². The van der Waals surface area contributed by atoms with Crippen LogP contribution in [-0.4, -0.2) is 15.1 Å². The molecule has 2 aromatic heterocycles. The molecule has 0 saturated heterocycles. The van der Waals surface area contributed by atoms with Crippen LogP contribution in [0.25, 0.3) is 22.2 Å². The standard InChI is InChI=1S/C23H23N3O/c1-13(16-7-5-4-6-8-16)19-11-18(21-14(2)26-27-15(21)3)12-20-22(19)25-23(24-20)17-9-10-17/h4-8,11-13,17H,9-10H2,1-3H3,(H,24,25). The van der Waals surface area contributed by atoms with Crippen LogP contribution in [0.15, 0.2) is 47.0 Å². The third kappa shape index (κ3) is 2.76. The van der Waals surface area contributed by atoms with Crippen molar-refractivity contribution in [3.05, 3.63) is 70.9 Å². The second-order valence-electron chi connectivity index (χ2n) is 7.69. The molecule has 1 fully saturated rings. The van der Waals surface area contributed by atoms with Crippen LogP contribution in [0.1, 0.15) is 60.0 Å². The summed E-state index contributed by atoms with van der Waals surface area (Å²) < 4.78 is 5.42. The molecule has 4 nitrogen and oxygen atoms in total. The van der Waals surface area contributed by atoms with Gasteiger partial charge in [-0.2, -0.15) is 0 Å². The zero-order valence-corrected chi connectivity index (χ0v) is 15.9. The van der Waals surface area contributed by atoms with E-state index in [9.17, 15) is 0 Å². The van der Waals surface area contributed by atoms with E-state index in [0.717, 1.165) is 39.4 Å². The highest BCUT2D eigenvalue weighted by molar-refractivity contribution is 5.87. The Kier molecular flexibility index (Phi) is 3.67. The van der Waals surface area contributed by atoms with Gasteiger partial charge in [-0.1, -0.05) is 42.4 Å². The molecule has 4 heteroatoms. The van der Waals surface area contributed by atoms with Gasteiger partial charge in [0.05, 0.1) is 16.7 Å². The number of aromatic amines is 1. The van der Waals surface area contributed by atoms with Crippen molar-refractivity contribution in [2.75, 3.05) is 0 Å². The number of nitrogens with zero attached hydrogens (tertiary/aromatic N) is 2. The molecule has 5 rings (SSSR count). The summed E-state index contributed by atoms with van der Waals surface area (Å²) >= 11 is 0. The van der Waals surface area contributed by atoms with Gasteiger partial charge in [0.2, 0.25) is 0 Å². The Hall–Kier alpha value is -2.88. The van der Waals surface area contributed by atoms with E-state index in [1.807, 2.05) is 13.8 Å². The first-order chi connectivity index (χ1) is 13.1. The predicted octanol–water partition coefficient (Wildman–Crippen LogP) is 5.86. The summed E-state index contributed by atoms with van der Waals surface area (Å²) in [6, 6.07) is 15.1. The Labute approximate surface area is 158 Å². The first kappa shape index (κ1) is 16.3. The fourth-order valence-corrected chi connectivity index (χ4v) is 4.01. The molecular formula is C23H23N3O. The maximum absolute atomic E-state index is 5.42. The number of hydrogen-bond acceptors (Lipinski definition) is 3. The van der Waals surface area contributed by atoms with Gasteiger partial charge in [0.15, 0.2) is 0 Å². The molecule has 1 N–H and O–H groups in total. The van der Waals surface area contributed by atoms with E-state index >= 15 is 0 Å². The summed E-state index contributed by atoms with van der Waals surface area (Å²) in [5.41, 5.74) is 7.89. The number of H-pyrrole nitrogens is 1. The Balaban J connectivity index is 1.74. The van der Waals surface area contributed by atoms with E-state index in [0.29, 0.717) is 5.92 Å². The van der Waals surface area contributed by atoms with Crippen molar-refractivity contribution in [1.29, 1.82) is 0 Å². The van der Waals surface area contributed by atoms with E-state index in [2.05, 4.69) is 59.5 Å². The molecule has 0 bridgehead atoms. The Morgan fingerprint density at radius 3 is 2.56 bits per heavy atom. The maximum Gasteiger partial charge on any atom is 0.141 e. The third-order valence-electron chi connectivity index (χ3n) is 5.69. The van der Waals surface area contributed by atoms with Crippen LogP contribution < -0.4 is 0 Å². The van der Waals surface area contributed by atoms with Gasteiger partial charge in [0.25, 0.3) is 0 Å². The SMILES string of the molecule is Cc1noc(C)c1-c1cc(C(C)c2ccccc2)c2[nH]c(C3CC3)nc2c1. The highest BCUT2D eigenvalue weighted by Gasteiger charge is 2.28. The van der Waals surface area contributed by atoms with Crippen molar-refractivity contribution in [1.82, 2.24) is 15.1 Å². The molecule has 0 aliphatic heterocycles. The highest BCUT2D eigenvalue weighted by atomic mass is 16.5. The van der Waals surface area contributed by atoms with Gasteiger partial charge in [0, 0.05) is 17.4 Å². The average Bonchev–Trinajstić information content (AvgIpc) is 3.36. The van der Waals surface area contributed by atoms with Crippen molar-refractivity contribution in [3.8, 4) is 11.1 Å². The number of fused-ring (bicyclic) bond motifs is 1. The predicted molar refractivity (Wildman–Crippen MR) is 107 cm³/mol. The van der Waals surface area contributed by atoms with E-state index in [1.165, 1.54) is 24.0 Å². The lowest BCUT2D eigenvalue weighted by molar-refractivity contribution is 0.393. The van der Waals surface area contributed by atoms with Crippen molar-refractivity contribution in [2.45, 2.75) is 45.4 Å². The first-order valence-electron chi connectivity index (χ1n) is 9.63. The van der Waals surface area contributed by atoms with E-state index in [1.54, 1.807) is 0 Å². The fourth-order valence-electron chi connectivity index (χ4n) is 4.01. The molecule has 27 heavy (non-hydrogen) atoms. The molecule has 0 spiro atoms. The zero-order chi connectivity index (χ0) is 18.5. The monoisotopic (exact) mass is 357 g/mol. The lowest BCUT2D eigenvalue weighted by Crippen LogP contribution is -1.98. The van der Waals surface area contributed by atoms with Crippen LogP contribution in [0, 0.1) is 13.8 Å². The van der Waals surface area contributed by atoms with Crippen molar-refractivity contribution < 1.29 is 4.52 Å². The largest absolute Gasteiger partial charge is 0.361 e. The topological polar surface area (TPSA) is 54.7 Å². The number of aryl methyl sites for hydroxylation is 2. The zero-order valence-electron chi connectivity index (χ0n) is 15.9. The van der Waals surface area contributed by atoms with Gasteiger partial charge in [0.1, 0.15) is 11.6 Å². The molecule has 1 unspecified atom stereocenters. The first-order valence-corrected chi connectivity index (χ1v) is 9.63. The van der Waals surface area contributed by atoms with Crippen molar-refractivity contribution in [3.63, 3.8) is 0 Å². The van der Waals surface area contributed by atoms with Crippen LogP contribution in [0.3, 0.4) is 0 Å². The molecule has 2 aromatic carbocycles. The summed E-state index contributed by atoms with van der Waals surface area (Å²) in [5, 5.41) is 4.15. The second-order valence-corrected chi connectivity index (χ2v) is 7.69. The van der Waals surface area contributed by atoms with E-state index in [4.69, 9.17) is 9.51 Å². The Morgan fingerprint density at radius 1 is 1.11 bits per heavy atom. The van der Waals surface area contributed by atoms with Crippen LogP contribution in [0.5, 0.6) is 0 Å². The Bertz CT molecular complexity index is 1100. The lowest BCUT2D eigenvalue weighted by Gasteiger charge is -2.15. The molecule has 4 aromatic rings. The number of imidazole rings is 1. The Morgan fingerprint density at radius 2 is 1.89 bits per heavy atom. The smallest absolute Gasteiger partial charge is 0.141 e. The second kappa shape index (κ2) is 6.08. The molecule has 1 aliphatic rings. The fraction of sp³-hybridized carbons (Fsp3) is 0.304. The molecule has 0 radical (unpaired) electrons. The normalized spacial score (nSPS) is 15.4. The number of hydrogen-bond donors (Lipinski definition) is 1. The number of aromatic nitrogens is 3. The van der Waals surface area contributed by atoms with E-state index in [-0.39, 0.29) is 5.92 Å². The summed E-state index contributed by atoms with van der Waals surface area (Å²) in [7, 11) is 0. The average molecular weight is 357 g/mol. The highest BCUT2D eigenvalue weighted by Crippen LogP contribution is 2.41. The molecule has 0 amide bonds. The van der Waals surface area contributed by atoms with Gasteiger partial charge in [-0.25, -0.2) is 4.98 Å². The number of rotatable bonds is 4. The number of nitrogens with one attached hydrogen (secondary N) is 1. The number of benzene rings is 2. The van der Waals surface area contributed by atoms with Crippen LogP contribution in [0.2, 0.25) is 0 Å². The van der Waals surface area contributed by atoms with Crippen molar-refractivity contribution in [2.24, 2.45) is 0 Å². The minimum atomic E-state index is 0.265. The minimum absolute atomic E-state index is 0.265. The van der Waals surface area contributed by atoms with Crippen LogP contribution in [-0.2, 0) is 0 Å². The summed E-state index contributed by atoms with van der Waals surface area (Å²) in [6.07, 6.45) is 2.47.